The summed E-state index contributed by atoms with van der Waals surface area (Å²) in [6, 6.07) is 10.0. The number of carbonyl (C=O) groups excluding carboxylic acids is 1. The third-order valence-corrected chi connectivity index (χ3v) is 4.79. The minimum Gasteiger partial charge on any atom is -0.461 e. The van der Waals surface area contributed by atoms with Crippen molar-refractivity contribution < 1.29 is 9.53 Å². The Bertz CT molecular complexity index is 954. The minimum absolute atomic E-state index is 0.317. The van der Waals surface area contributed by atoms with Crippen LogP contribution in [0.1, 0.15) is 36.5 Å². The molecule has 0 aliphatic rings. The smallest absolute Gasteiger partial charge is 0.358 e. The van der Waals surface area contributed by atoms with Gasteiger partial charge in [0.25, 0.3) is 0 Å². The summed E-state index contributed by atoms with van der Waals surface area (Å²) in [5.74, 6) is 0.000158. The first-order valence-corrected chi connectivity index (χ1v) is 9.53. The molecule has 0 amide bonds. The van der Waals surface area contributed by atoms with Crippen LogP contribution in [0.3, 0.4) is 0 Å². The molecule has 26 heavy (non-hydrogen) atoms. The number of para-hydroxylation sites is 1. The van der Waals surface area contributed by atoms with Crippen molar-refractivity contribution in [2.75, 3.05) is 6.61 Å². The van der Waals surface area contributed by atoms with Gasteiger partial charge in [-0.2, -0.15) is 4.99 Å². The number of esters is 1. The van der Waals surface area contributed by atoms with Crippen molar-refractivity contribution in [2.24, 2.45) is 4.99 Å². The fraction of sp³-hybridized carbons (Fsp3) is 0.316. The lowest BCUT2D eigenvalue weighted by atomic mass is 10.3. The maximum absolute atomic E-state index is 12.4. The Kier molecular flexibility index (Phi) is 5.68. The van der Waals surface area contributed by atoms with Crippen molar-refractivity contribution in [2.45, 2.75) is 33.7 Å². The van der Waals surface area contributed by atoms with Gasteiger partial charge in [0.05, 0.1) is 12.9 Å². The fourth-order valence-electron chi connectivity index (χ4n) is 2.72. The summed E-state index contributed by atoms with van der Waals surface area (Å²) < 4.78 is 9.07. The van der Waals surface area contributed by atoms with Crippen LogP contribution in [0.5, 0.6) is 0 Å². The van der Waals surface area contributed by atoms with Crippen LogP contribution in [0, 0.1) is 6.92 Å². The van der Waals surface area contributed by atoms with Gasteiger partial charge < -0.3 is 9.30 Å². The summed E-state index contributed by atoms with van der Waals surface area (Å²) in [5.41, 5.74) is 2.50. The summed E-state index contributed by atoms with van der Waals surface area (Å²) in [6.45, 7) is 6.89. The first kappa shape index (κ1) is 18.1. The zero-order valence-electron chi connectivity index (χ0n) is 15.2. The maximum atomic E-state index is 12.4. The highest BCUT2D eigenvalue weighted by atomic mass is 32.1. The topological polar surface area (TPSA) is 61.4 Å². The zero-order chi connectivity index (χ0) is 18.5. The highest BCUT2D eigenvalue weighted by molar-refractivity contribution is 7.07. The van der Waals surface area contributed by atoms with E-state index in [4.69, 9.17) is 9.73 Å². The third-order valence-electron chi connectivity index (χ3n) is 3.85. The van der Waals surface area contributed by atoms with E-state index in [1.165, 1.54) is 11.3 Å². The molecule has 0 fully saturated rings. The standard InChI is InChI=1S/C19H22N4O2S/c1-4-11-22-13-20-17(16(22)18(24)25-5-2)21-19-23(14(3)12-26-19)15-9-7-6-8-10-15/h6-10,12-13H,4-5,11H2,1-3H3. The second-order valence-corrected chi connectivity index (χ2v) is 6.61. The number of aryl methyl sites for hydroxylation is 2. The summed E-state index contributed by atoms with van der Waals surface area (Å²) in [4.78, 5) is 22.3. The number of hydrogen-bond acceptors (Lipinski definition) is 5. The number of aromatic nitrogens is 3. The average molecular weight is 370 g/mol. The molecule has 0 spiro atoms. The number of hydrogen-bond donors (Lipinski definition) is 0. The molecule has 3 aromatic rings. The Morgan fingerprint density at radius 3 is 2.73 bits per heavy atom. The molecule has 2 aromatic heterocycles. The molecule has 0 saturated carbocycles. The number of rotatable bonds is 6. The molecule has 0 N–H and O–H groups in total. The van der Waals surface area contributed by atoms with E-state index in [9.17, 15) is 4.79 Å². The highest BCUT2D eigenvalue weighted by Crippen LogP contribution is 2.19. The Balaban J connectivity index is 2.14. The molecule has 0 radical (unpaired) electrons. The van der Waals surface area contributed by atoms with E-state index in [2.05, 4.69) is 16.5 Å². The molecule has 1 aromatic carbocycles. The fourth-order valence-corrected chi connectivity index (χ4v) is 3.60. The number of imidazole rings is 1. The molecule has 0 aliphatic heterocycles. The van der Waals surface area contributed by atoms with Crippen molar-refractivity contribution in [1.82, 2.24) is 14.1 Å². The summed E-state index contributed by atoms with van der Waals surface area (Å²) in [7, 11) is 0. The Labute approximate surface area is 156 Å². The minimum atomic E-state index is -0.392. The molecule has 3 rings (SSSR count). The Hall–Kier alpha value is -2.67. The van der Waals surface area contributed by atoms with Gasteiger partial charge in [-0.05, 0) is 32.4 Å². The molecule has 0 aliphatic carbocycles. The predicted molar refractivity (Wildman–Crippen MR) is 102 cm³/mol. The number of thiazole rings is 1. The van der Waals surface area contributed by atoms with E-state index in [0.717, 1.165) is 22.6 Å². The molecular weight excluding hydrogens is 348 g/mol. The van der Waals surface area contributed by atoms with Gasteiger partial charge in [0.15, 0.2) is 16.3 Å². The molecule has 0 saturated heterocycles. The van der Waals surface area contributed by atoms with Gasteiger partial charge in [-0.25, -0.2) is 9.78 Å². The molecule has 0 atom stereocenters. The largest absolute Gasteiger partial charge is 0.461 e. The van der Waals surface area contributed by atoms with Gasteiger partial charge in [0, 0.05) is 23.3 Å². The van der Waals surface area contributed by atoms with Gasteiger partial charge in [0.1, 0.15) is 0 Å². The number of ether oxygens (including phenoxy) is 1. The van der Waals surface area contributed by atoms with E-state index in [0.29, 0.717) is 24.7 Å². The van der Waals surface area contributed by atoms with Crippen LogP contribution < -0.4 is 4.80 Å². The van der Waals surface area contributed by atoms with Gasteiger partial charge >= 0.3 is 5.97 Å². The van der Waals surface area contributed by atoms with Crippen LogP contribution in [0.25, 0.3) is 5.69 Å². The van der Waals surface area contributed by atoms with Crippen molar-refractivity contribution in [3.63, 3.8) is 0 Å². The molecule has 0 unspecified atom stereocenters. The Morgan fingerprint density at radius 1 is 1.27 bits per heavy atom. The first-order valence-electron chi connectivity index (χ1n) is 8.65. The van der Waals surface area contributed by atoms with Crippen LogP contribution in [-0.2, 0) is 11.3 Å². The zero-order valence-corrected chi connectivity index (χ0v) is 16.0. The highest BCUT2D eigenvalue weighted by Gasteiger charge is 2.20. The van der Waals surface area contributed by atoms with Crippen molar-refractivity contribution in [3.05, 3.63) is 58.2 Å². The normalized spacial score (nSPS) is 11.7. The predicted octanol–water partition coefficient (Wildman–Crippen LogP) is 3.86. The lowest BCUT2D eigenvalue weighted by Crippen LogP contribution is -2.15. The SMILES string of the molecule is CCCn1cnc(N=c2scc(C)n2-c2ccccc2)c1C(=O)OCC. The van der Waals surface area contributed by atoms with Crippen LogP contribution in [0.2, 0.25) is 0 Å². The molecular formula is C19H22N4O2S. The van der Waals surface area contributed by atoms with Gasteiger partial charge in [-0.1, -0.05) is 25.1 Å². The van der Waals surface area contributed by atoms with Crippen LogP contribution in [0.4, 0.5) is 5.82 Å². The summed E-state index contributed by atoms with van der Waals surface area (Å²) in [6.07, 6.45) is 2.55. The van der Waals surface area contributed by atoms with E-state index < -0.39 is 5.97 Å². The molecule has 0 bridgehead atoms. The van der Waals surface area contributed by atoms with Crippen LogP contribution in [0.15, 0.2) is 47.0 Å². The van der Waals surface area contributed by atoms with Crippen LogP contribution >= 0.6 is 11.3 Å². The van der Waals surface area contributed by atoms with Crippen molar-refractivity contribution >= 4 is 23.1 Å². The summed E-state index contributed by atoms with van der Waals surface area (Å²) >= 11 is 1.52. The molecule has 136 valence electrons. The maximum Gasteiger partial charge on any atom is 0.358 e. The van der Waals surface area contributed by atoms with E-state index >= 15 is 0 Å². The number of carbonyl (C=O) groups is 1. The lowest BCUT2D eigenvalue weighted by molar-refractivity contribution is 0.0514. The van der Waals surface area contributed by atoms with E-state index in [-0.39, 0.29) is 0 Å². The number of benzene rings is 1. The lowest BCUT2D eigenvalue weighted by Gasteiger charge is -2.07. The monoisotopic (exact) mass is 370 g/mol. The van der Waals surface area contributed by atoms with E-state index in [1.54, 1.807) is 13.3 Å². The van der Waals surface area contributed by atoms with Crippen LogP contribution in [-0.4, -0.2) is 26.7 Å². The van der Waals surface area contributed by atoms with Crippen molar-refractivity contribution in [3.8, 4) is 5.69 Å². The van der Waals surface area contributed by atoms with Gasteiger partial charge in [-0.15, -0.1) is 11.3 Å². The van der Waals surface area contributed by atoms with Gasteiger partial charge in [0.2, 0.25) is 0 Å². The molecule has 7 heteroatoms. The molecule has 2 heterocycles. The second-order valence-electron chi connectivity index (χ2n) is 5.77. The van der Waals surface area contributed by atoms with Crippen molar-refractivity contribution in [1.29, 1.82) is 0 Å². The quantitative estimate of drug-likeness (QED) is 0.619. The third kappa shape index (κ3) is 3.62. The summed E-state index contributed by atoms with van der Waals surface area (Å²) in [5, 5.41) is 2.04. The number of nitrogens with zero attached hydrogens (tertiary/aromatic N) is 4. The molecule has 6 nitrogen and oxygen atoms in total. The van der Waals surface area contributed by atoms with E-state index in [1.807, 2.05) is 47.2 Å². The first-order chi connectivity index (χ1) is 12.7. The Morgan fingerprint density at radius 2 is 2.04 bits per heavy atom. The van der Waals surface area contributed by atoms with Gasteiger partial charge in [-0.3, -0.25) is 4.57 Å². The average Bonchev–Trinajstić information content (AvgIpc) is 3.20. The second kappa shape index (κ2) is 8.14.